The van der Waals surface area contributed by atoms with E-state index in [4.69, 9.17) is 25.0 Å². The zero-order chi connectivity index (χ0) is 30.3. The van der Waals surface area contributed by atoms with E-state index in [1.54, 1.807) is 7.11 Å². The van der Waals surface area contributed by atoms with Gasteiger partial charge in [-0.2, -0.15) is 16.7 Å². The van der Waals surface area contributed by atoms with Crippen molar-refractivity contribution in [2.75, 3.05) is 31.0 Å². The van der Waals surface area contributed by atoms with Crippen LogP contribution in [0.2, 0.25) is 0 Å². The first-order valence-corrected chi connectivity index (χ1v) is 18.2. The smallest absolute Gasteiger partial charge is 0.383 e. The zero-order valence-electron chi connectivity index (χ0n) is 25.6. The van der Waals surface area contributed by atoms with Gasteiger partial charge in [0.05, 0.1) is 18.8 Å². The fraction of sp³-hybridized carbons (Fsp3) is 0.862. The summed E-state index contributed by atoms with van der Waals surface area (Å²) in [6.07, 6.45) is 22.2. The van der Waals surface area contributed by atoms with Gasteiger partial charge in [0, 0.05) is 19.1 Å². The molecule has 240 valence electrons. The average molecular weight is 622 g/mol. The molecular weight excluding hydrogens is 565 g/mol. The summed E-state index contributed by atoms with van der Waals surface area (Å²) in [5.41, 5.74) is 4.85. The number of anilines is 1. The van der Waals surface area contributed by atoms with Crippen molar-refractivity contribution in [3.05, 3.63) is 22.7 Å². The summed E-state index contributed by atoms with van der Waals surface area (Å²) < 4.78 is 27.0. The number of nitrogens with zero attached hydrogens (tertiary/aromatic N) is 2. The summed E-state index contributed by atoms with van der Waals surface area (Å²) in [6, 6.07) is 1.48. The van der Waals surface area contributed by atoms with E-state index in [0.29, 0.717) is 18.9 Å². The van der Waals surface area contributed by atoms with Gasteiger partial charge < -0.3 is 25.0 Å². The maximum Gasteiger partial charge on any atom is 0.469 e. The topological polar surface area (TPSA) is 146 Å². The number of thioether (sulfide) groups is 1. The predicted octanol–water partition coefficient (Wildman–Crippen LogP) is 6.85. The molecule has 1 fully saturated rings. The van der Waals surface area contributed by atoms with Gasteiger partial charge in [-0.05, 0) is 38.0 Å². The average Bonchev–Trinajstić information content (AvgIpc) is 3.40. The standard InChI is InChI=1S/C20H42OS.C9H14N3O6P/c1-4-5-6-7-8-9-10-11-12-13-14-15-16-17-18-22-19-20(2)21-3;10-7-3-4-12(9(13)11-7)8-2-1-6(18-8)5-17-19(14,15)16/h20H,4-19H2,1-3H3;3-4,6,8H,1-2,5H2,(H2,10,11,13)(H2,14,15,16)/t;6-,8+/m.0/s1. The summed E-state index contributed by atoms with van der Waals surface area (Å²) in [7, 11) is -2.70. The monoisotopic (exact) mass is 621 g/mol. The normalized spacial score (nSPS) is 17.8. The Labute approximate surface area is 251 Å². The highest BCUT2D eigenvalue weighted by Crippen LogP contribution is 2.37. The van der Waals surface area contributed by atoms with Gasteiger partial charge in [0.25, 0.3) is 0 Å². The molecule has 1 aromatic rings. The molecule has 1 aliphatic heterocycles. The van der Waals surface area contributed by atoms with Crippen LogP contribution in [0.15, 0.2) is 17.1 Å². The number of hydrogen-bond acceptors (Lipinski definition) is 8. The molecule has 12 heteroatoms. The van der Waals surface area contributed by atoms with Crippen LogP contribution in [0, 0.1) is 0 Å². The summed E-state index contributed by atoms with van der Waals surface area (Å²) in [4.78, 5) is 32.3. The van der Waals surface area contributed by atoms with Crippen molar-refractivity contribution >= 4 is 25.4 Å². The molecule has 2 rings (SSSR count). The van der Waals surface area contributed by atoms with E-state index in [1.165, 1.54) is 112 Å². The summed E-state index contributed by atoms with van der Waals surface area (Å²) >= 11 is 2.05. The molecule has 0 saturated carbocycles. The van der Waals surface area contributed by atoms with Gasteiger partial charge in [0.2, 0.25) is 0 Å². The molecule has 0 spiro atoms. The summed E-state index contributed by atoms with van der Waals surface area (Å²) in [6.45, 7) is 4.22. The third kappa shape index (κ3) is 20.6. The molecule has 10 nitrogen and oxygen atoms in total. The molecule has 1 saturated heterocycles. The van der Waals surface area contributed by atoms with Crippen LogP contribution in [0.5, 0.6) is 0 Å². The molecule has 0 amide bonds. The number of nitrogens with two attached hydrogens (primary N) is 1. The van der Waals surface area contributed by atoms with Crippen molar-refractivity contribution in [2.45, 2.75) is 135 Å². The van der Waals surface area contributed by atoms with Crippen LogP contribution in [0.4, 0.5) is 5.82 Å². The van der Waals surface area contributed by atoms with Gasteiger partial charge in [-0.15, -0.1) is 0 Å². The lowest BCUT2D eigenvalue weighted by molar-refractivity contribution is -0.0242. The van der Waals surface area contributed by atoms with Crippen molar-refractivity contribution in [1.29, 1.82) is 0 Å². The van der Waals surface area contributed by atoms with Crippen molar-refractivity contribution in [2.24, 2.45) is 0 Å². The lowest BCUT2D eigenvalue weighted by atomic mass is 10.0. The number of phosphoric ester groups is 1. The predicted molar refractivity (Wildman–Crippen MR) is 168 cm³/mol. The number of aromatic nitrogens is 2. The first kappa shape index (κ1) is 38.1. The van der Waals surface area contributed by atoms with Crippen LogP contribution in [0.1, 0.15) is 123 Å². The Balaban J connectivity index is 0.000000413. The second-order valence-corrected chi connectivity index (χ2v) is 13.2. The molecular formula is C29H56N3O7PS. The quantitative estimate of drug-likeness (QED) is 0.0928. The van der Waals surface area contributed by atoms with Crippen LogP contribution in [0.3, 0.4) is 0 Å². The van der Waals surface area contributed by atoms with Gasteiger partial charge >= 0.3 is 13.5 Å². The number of rotatable bonds is 22. The highest BCUT2D eigenvalue weighted by molar-refractivity contribution is 7.99. The minimum Gasteiger partial charge on any atom is -0.383 e. The Hall–Kier alpha value is -0.940. The van der Waals surface area contributed by atoms with Crippen LogP contribution in [-0.4, -0.2) is 56.8 Å². The maximum atomic E-state index is 11.6. The lowest BCUT2D eigenvalue weighted by Gasteiger charge is -2.15. The van der Waals surface area contributed by atoms with E-state index in [0.717, 1.165) is 5.75 Å². The fourth-order valence-corrected chi connectivity index (χ4v) is 5.96. The number of nitrogen functional groups attached to an aromatic ring is 1. The van der Waals surface area contributed by atoms with E-state index in [1.807, 2.05) is 11.8 Å². The van der Waals surface area contributed by atoms with Crippen molar-refractivity contribution < 1.29 is 28.3 Å². The zero-order valence-corrected chi connectivity index (χ0v) is 27.3. The highest BCUT2D eigenvalue weighted by Gasteiger charge is 2.29. The van der Waals surface area contributed by atoms with Gasteiger partial charge in [0.15, 0.2) is 0 Å². The summed E-state index contributed by atoms with van der Waals surface area (Å²) in [5, 5.41) is 0. The molecule has 2 heterocycles. The SMILES string of the molecule is CCCCCCCCCCCCCCCCSCC(C)OC.Nc1ccn([C@H]2CC[C@@H](COP(=O)(O)O)O2)c(=O)n1. The molecule has 0 bridgehead atoms. The summed E-state index contributed by atoms with van der Waals surface area (Å²) in [5.74, 6) is 2.58. The number of phosphoric acid groups is 1. The van der Waals surface area contributed by atoms with Crippen molar-refractivity contribution in [3.63, 3.8) is 0 Å². The second kappa shape index (κ2) is 23.5. The molecule has 3 atom stereocenters. The highest BCUT2D eigenvalue weighted by atomic mass is 32.2. The van der Waals surface area contributed by atoms with Crippen LogP contribution >= 0.6 is 19.6 Å². The second-order valence-electron chi connectivity index (χ2n) is 10.8. The molecule has 0 aliphatic carbocycles. The molecule has 1 aromatic heterocycles. The Morgan fingerprint density at radius 2 is 1.61 bits per heavy atom. The minimum atomic E-state index is -4.50. The Morgan fingerprint density at radius 3 is 2.12 bits per heavy atom. The van der Waals surface area contributed by atoms with E-state index in [2.05, 4.69) is 23.4 Å². The van der Waals surface area contributed by atoms with E-state index in [-0.39, 0.29) is 12.4 Å². The maximum absolute atomic E-state index is 11.6. The van der Waals surface area contributed by atoms with Gasteiger partial charge in [0.1, 0.15) is 12.0 Å². The van der Waals surface area contributed by atoms with Crippen molar-refractivity contribution in [1.82, 2.24) is 9.55 Å². The van der Waals surface area contributed by atoms with Gasteiger partial charge in [-0.25, -0.2) is 9.36 Å². The molecule has 0 radical (unpaired) electrons. The van der Waals surface area contributed by atoms with E-state index >= 15 is 0 Å². The van der Waals surface area contributed by atoms with Crippen LogP contribution < -0.4 is 11.4 Å². The van der Waals surface area contributed by atoms with E-state index in [9.17, 15) is 9.36 Å². The Kier molecular flexibility index (Phi) is 21.8. The number of hydrogen-bond donors (Lipinski definition) is 3. The fourth-order valence-electron chi connectivity index (χ4n) is 4.56. The first-order chi connectivity index (χ1) is 19.7. The number of unbranched alkanes of at least 4 members (excludes halogenated alkanes) is 13. The van der Waals surface area contributed by atoms with E-state index < -0.39 is 25.8 Å². The third-order valence-corrected chi connectivity index (χ3v) is 8.84. The molecule has 0 aromatic carbocycles. The molecule has 41 heavy (non-hydrogen) atoms. The molecule has 4 N–H and O–H groups in total. The Bertz CT molecular complexity index is 886. The largest absolute Gasteiger partial charge is 0.469 e. The number of methoxy groups -OCH3 is 1. The van der Waals surface area contributed by atoms with Crippen LogP contribution in [-0.2, 0) is 18.6 Å². The van der Waals surface area contributed by atoms with Gasteiger partial charge in [-0.1, -0.05) is 90.4 Å². The molecule has 1 aliphatic rings. The van der Waals surface area contributed by atoms with Gasteiger partial charge in [-0.3, -0.25) is 9.09 Å². The van der Waals surface area contributed by atoms with Crippen LogP contribution in [0.25, 0.3) is 0 Å². The van der Waals surface area contributed by atoms with Crippen molar-refractivity contribution in [3.8, 4) is 0 Å². The molecule has 1 unspecified atom stereocenters. The lowest BCUT2D eigenvalue weighted by Crippen LogP contribution is -2.27. The third-order valence-electron chi connectivity index (χ3n) is 7.07. The number of ether oxygens (including phenoxy) is 2. The Morgan fingerprint density at radius 1 is 1.05 bits per heavy atom. The first-order valence-electron chi connectivity index (χ1n) is 15.5. The minimum absolute atomic E-state index is 0.126.